The first-order valence-corrected chi connectivity index (χ1v) is 11.9. The van der Waals surface area contributed by atoms with E-state index >= 15 is 0 Å². The Balaban J connectivity index is 1.25. The lowest BCUT2D eigenvalue weighted by Gasteiger charge is -2.49. The molecule has 2 aromatic rings. The molecule has 9 heteroatoms. The first-order valence-electron chi connectivity index (χ1n) is 10.9. The van der Waals surface area contributed by atoms with Crippen molar-refractivity contribution in [3.8, 4) is 0 Å². The third-order valence-corrected chi connectivity index (χ3v) is 7.17. The fourth-order valence-corrected chi connectivity index (χ4v) is 5.36. The standard InChI is InChI=1S/C22H30N6O2S/c1-16(29)23-8-9-24-22(30)21-14-27-10-7-17(21)11-19(27)13-28-12-18(25-26-28)15-31-20-5-3-2-4-6-20/h2-6,12,17,19,21H,7-11,13-15H2,1H3,(H,23,29)(H,24,30)/t17?,19-,21+/m1/s1. The maximum atomic E-state index is 12.6. The lowest BCUT2D eigenvalue weighted by Crippen LogP contribution is -2.58. The Labute approximate surface area is 187 Å². The fraction of sp³-hybridized carbons (Fsp3) is 0.545. The fourth-order valence-electron chi connectivity index (χ4n) is 4.56. The molecule has 2 unspecified atom stereocenters. The first-order chi connectivity index (χ1) is 15.1. The Bertz CT molecular complexity index is 889. The number of amides is 2. The van der Waals surface area contributed by atoms with Gasteiger partial charge in [-0.1, -0.05) is 23.4 Å². The summed E-state index contributed by atoms with van der Waals surface area (Å²) in [7, 11) is 0. The minimum Gasteiger partial charge on any atom is -0.355 e. The average Bonchev–Trinajstić information content (AvgIpc) is 3.23. The van der Waals surface area contributed by atoms with Crippen molar-refractivity contribution < 1.29 is 9.59 Å². The van der Waals surface area contributed by atoms with E-state index < -0.39 is 0 Å². The van der Waals surface area contributed by atoms with Crippen LogP contribution in [0.25, 0.3) is 0 Å². The Morgan fingerprint density at radius 2 is 2.00 bits per heavy atom. The number of hydrogen-bond donors (Lipinski definition) is 2. The zero-order valence-corrected chi connectivity index (χ0v) is 18.7. The Hall–Kier alpha value is -2.39. The molecule has 4 atom stereocenters. The van der Waals surface area contributed by atoms with E-state index in [1.54, 1.807) is 11.8 Å². The number of nitrogens with zero attached hydrogens (tertiary/aromatic N) is 4. The van der Waals surface area contributed by atoms with Gasteiger partial charge >= 0.3 is 0 Å². The zero-order valence-electron chi connectivity index (χ0n) is 17.9. The van der Waals surface area contributed by atoms with Gasteiger partial charge in [0.15, 0.2) is 0 Å². The molecule has 3 aliphatic rings. The molecule has 2 N–H and O–H groups in total. The number of carbonyl (C=O) groups is 2. The highest BCUT2D eigenvalue weighted by molar-refractivity contribution is 7.98. The highest BCUT2D eigenvalue weighted by atomic mass is 32.2. The molecule has 0 aliphatic carbocycles. The molecule has 3 fully saturated rings. The minimum atomic E-state index is -0.0742. The van der Waals surface area contributed by atoms with Gasteiger partial charge < -0.3 is 10.6 Å². The SMILES string of the molecule is CC(=O)NCCNC(=O)[C@H]1CN2CCC1C[C@@H]2Cn1cc(CSc2ccccc2)nn1. The smallest absolute Gasteiger partial charge is 0.224 e. The van der Waals surface area contributed by atoms with Crippen LogP contribution in [-0.4, -0.2) is 63.9 Å². The molecule has 4 heterocycles. The Morgan fingerprint density at radius 3 is 2.74 bits per heavy atom. The van der Waals surface area contributed by atoms with Crippen molar-refractivity contribution in [3.05, 3.63) is 42.2 Å². The number of fused-ring (bicyclic) bond motifs is 3. The monoisotopic (exact) mass is 442 g/mol. The van der Waals surface area contributed by atoms with Crippen molar-refractivity contribution >= 4 is 23.6 Å². The van der Waals surface area contributed by atoms with E-state index in [4.69, 9.17) is 0 Å². The minimum absolute atomic E-state index is 0.0379. The molecule has 0 radical (unpaired) electrons. The van der Waals surface area contributed by atoms with Gasteiger partial charge in [0, 0.05) is 49.4 Å². The van der Waals surface area contributed by atoms with Crippen LogP contribution in [0.15, 0.2) is 41.4 Å². The molecule has 1 aromatic carbocycles. The number of hydrogen-bond acceptors (Lipinski definition) is 6. The highest BCUT2D eigenvalue weighted by Gasteiger charge is 2.43. The summed E-state index contributed by atoms with van der Waals surface area (Å²) < 4.78 is 1.95. The third kappa shape index (κ3) is 5.86. The van der Waals surface area contributed by atoms with Crippen molar-refractivity contribution in [2.24, 2.45) is 11.8 Å². The van der Waals surface area contributed by atoms with E-state index in [9.17, 15) is 9.59 Å². The first kappa shape index (κ1) is 21.8. The highest BCUT2D eigenvalue weighted by Crippen LogP contribution is 2.37. The van der Waals surface area contributed by atoms with E-state index in [0.717, 1.165) is 43.9 Å². The molecule has 8 nitrogen and oxygen atoms in total. The lowest BCUT2D eigenvalue weighted by atomic mass is 9.75. The van der Waals surface area contributed by atoms with Crippen LogP contribution in [0.4, 0.5) is 0 Å². The molecular weight excluding hydrogens is 412 g/mol. The van der Waals surface area contributed by atoms with E-state index in [1.165, 1.54) is 11.8 Å². The number of thioether (sulfide) groups is 1. The topological polar surface area (TPSA) is 92.2 Å². The third-order valence-electron chi connectivity index (χ3n) is 6.13. The van der Waals surface area contributed by atoms with Gasteiger partial charge in [-0.05, 0) is 37.4 Å². The van der Waals surface area contributed by atoms with Crippen molar-refractivity contribution in [3.63, 3.8) is 0 Å². The normalized spacial score (nSPS) is 24.7. The number of piperidine rings is 3. The summed E-state index contributed by atoms with van der Waals surface area (Å²) in [6, 6.07) is 10.7. The number of benzene rings is 1. The second-order valence-corrected chi connectivity index (χ2v) is 9.40. The average molecular weight is 443 g/mol. The van der Waals surface area contributed by atoms with Gasteiger partial charge in [-0.15, -0.1) is 16.9 Å². The Kier molecular flexibility index (Phi) is 7.24. The number of aromatic nitrogens is 3. The molecule has 2 bridgehead atoms. The van der Waals surface area contributed by atoms with Gasteiger partial charge in [-0.3, -0.25) is 19.2 Å². The van der Waals surface area contributed by atoms with Crippen LogP contribution in [0, 0.1) is 11.8 Å². The van der Waals surface area contributed by atoms with Crippen LogP contribution in [-0.2, 0) is 21.9 Å². The van der Waals surface area contributed by atoms with Crippen LogP contribution in [0.3, 0.4) is 0 Å². The molecule has 2 amide bonds. The Morgan fingerprint density at radius 1 is 1.19 bits per heavy atom. The van der Waals surface area contributed by atoms with E-state index in [0.29, 0.717) is 25.0 Å². The molecule has 5 rings (SSSR count). The molecule has 31 heavy (non-hydrogen) atoms. The predicted molar refractivity (Wildman–Crippen MR) is 119 cm³/mol. The van der Waals surface area contributed by atoms with Crippen LogP contribution < -0.4 is 10.6 Å². The van der Waals surface area contributed by atoms with Gasteiger partial charge in [-0.2, -0.15) is 0 Å². The molecule has 3 saturated heterocycles. The molecule has 3 aliphatic heterocycles. The quantitative estimate of drug-likeness (QED) is 0.452. The summed E-state index contributed by atoms with van der Waals surface area (Å²) >= 11 is 1.76. The summed E-state index contributed by atoms with van der Waals surface area (Å²) in [5.41, 5.74) is 0.987. The second-order valence-electron chi connectivity index (χ2n) is 8.35. The van der Waals surface area contributed by atoms with Crippen LogP contribution in [0.2, 0.25) is 0 Å². The van der Waals surface area contributed by atoms with Gasteiger partial charge in [-0.25, -0.2) is 0 Å². The van der Waals surface area contributed by atoms with Gasteiger partial charge in [0.05, 0.1) is 18.2 Å². The molecule has 0 spiro atoms. The summed E-state index contributed by atoms with van der Waals surface area (Å²) in [4.78, 5) is 27.2. The van der Waals surface area contributed by atoms with Crippen LogP contribution in [0.1, 0.15) is 25.5 Å². The van der Waals surface area contributed by atoms with Gasteiger partial charge in [0.25, 0.3) is 0 Å². The summed E-state index contributed by atoms with van der Waals surface area (Å²) in [6.07, 6.45) is 4.12. The molecule has 166 valence electrons. The van der Waals surface area contributed by atoms with E-state index in [-0.39, 0.29) is 17.7 Å². The van der Waals surface area contributed by atoms with Crippen LogP contribution >= 0.6 is 11.8 Å². The molecular formula is C22H30N6O2S. The molecule has 1 aromatic heterocycles. The molecule has 0 saturated carbocycles. The second kappa shape index (κ2) is 10.3. The maximum absolute atomic E-state index is 12.6. The predicted octanol–water partition coefficient (Wildman–Crippen LogP) is 1.53. The van der Waals surface area contributed by atoms with Crippen molar-refractivity contribution in [2.45, 2.75) is 43.0 Å². The van der Waals surface area contributed by atoms with Crippen molar-refractivity contribution in [2.75, 3.05) is 26.2 Å². The van der Waals surface area contributed by atoms with Crippen LogP contribution in [0.5, 0.6) is 0 Å². The summed E-state index contributed by atoms with van der Waals surface area (Å²) in [5, 5.41) is 14.4. The van der Waals surface area contributed by atoms with Gasteiger partial charge in [0.1, 0.15) is 0 Å². The zero-order chi connectivity index (χ0) is 21.6. The number of rotatable bonds is 9. The maximum Gasteiger partial charge on any atom is 0.224 e. The van der Waals surface area contributed by atoms with Gasteiger partial charge in [0.2, 0.25) is 11.8 Å². The van der Waals surface area contributed by atoms with Crippen molar-refractivity contribution in [1.29, 1.82) is 0 Å². The summed E-state index contributed by atoms with van der Waals surface area (Å²) in [6.45, 7) is 5.09. The summed E-state index contributed by atoms with van der Waals surface area (Å²) in [5.74, 6) is 1.29. The largest absolute Gasteiger partial charge is 0.355 e. The van der Waals surface area contributed by atoms with E-state index in [1.807, 2.05) is 29.1 Å². The lowest BCUT2D eigenvalue weighted by molar-refractivity contribution is -0.133. The number of nitrogens with one attached hydrogen (secondary N) is 2. The number of carbonyl (C=O) groups excluding carboxylic acids is 2. The van der Waals surface area contributed by atoms with E-state index in [2.05, 4.69) is 38.0 Å². The van der Waals surface area contributed by atoms with Crippen molar-refractivity contribution in [1.82, 2.24) is 30.5 Å².